The molecule has 0 spiro atoms. The van der Waals surface area contributed by atoms with Crippen molar-refractivity contribution in [3.8, 4) is 0 Å². The normalized spacial score (nSPS) is 19.7. The van der Waals surface area contributed by atoms with E-state index >= 15 is 0 Å². The van der Waals surface area contributed by atoms with Crippen molar-refractivity contribution in [3.05, 3.63) is 0 Å². The first-order valence-corrected chi connectivity index (χ1v) is 5.57. The lowest BCUT2D eigenvalue weighted by Gasteiger charge is -2.38. The quantitative estimate of drug-likeness (QED) is 0.672. The maximum atomic E-state index is 12.0. The summed E-state index contributed by atoms with van der Waals surface area (Å²) >= 11 is 0. The van der Waals surface area contributed by atoms with E-state index < -0.39 is 17.5 Å². The molecule has 2 N–H and O–H groups in total. The Labute approximate surface area is 95.1 Å². The molecule has 92 valence electrons. The fraction of sp³-hybridized carbons (Fsp3) is 0.818. The molecular weight excluding hydrogens is 210 g/mol. The summed E-state index contributed by atoms with van der Waals surface area (Å²) in [5, 5.41) is 18.2. The van der Waals surface area contributed by atoms with Gasteiger partial charge in [0.05, 0.1) is 6.10 Å². The number of aliphatic carboxylic acids is 1. The van der Waals surface area contributed by atoms with Gasteiger partial charge in [0.25, 0.3) is 0 Å². The Morgan fingerprint density at radius 2 is 2.00 bits per heavy atom. The molecule has 0 bridgehead atoms. The highest BCUT2D eigenvalue weighted by atomic mass is 16.4. The van der Waals surface area contributed by atoms with Crippen molar-refractivity contribution in [2.45, 2.75) is 38.7 Å². The summed E-state index contributed by atoms with van der Waals surface area (Å²) in [6, 6.07) is 0. The van der Waals surface area contributed by atoms with Gasteiger partial charge in [-0.3, -0.25) is 9.59 Å². The molecule has 0 radical (unpaired) electrons. The highest BCUT2D eigenvalue weighted by Gasteiger charge is 2.52. The number of carboxylic acid groups (broad SMARTS) is 1. The number of amides is 1. The van der Waals surface area contributed by atoms with Crippen LogP contribution in [0.5, 0.6) is 0 Å². The molecule has 1 atom stereocenters. The second-order valence-corrected chi connectivity index (χ2v) is 4.61. The minimum Gasteiger partial charge on any atom is -0.480 e. The number of hydrogen-bond acceptors (Lipinski definition) is 3. The van der Waals surface area contributed by atoms with Crippen LogP contribution in [0.25, 0.3) is 0 Å². The number of nitrogens with zero attached hydrogens (tertiary/aromatic N) is 1. The standard InChI is InChI=1S/C11H19NO4/c1-8(13)4-7-12(2)9(14)11(10(15)16)5-3-6-11/h8,13H,3-7H2,1-2H3,(H,15,16). The Bertz CT molecular complexity index is 284. The lowest BCUT2D eigenvalue weighted by Crippen LogP contribution is -2.51. The van der Waals surface area contributed by atoms with Crippen molar-refractivity contribution in [3.63, 3.8) is 0 Å². The van der Waals surface area contributed by atoms with Crippen LogP contribution in [0, 0.1) is 5.41 Å². The maximum Gasteiger partial charge on any atom is 0.319 e. The highest BCUT2D eigenvalue weighted by molar-refractivity contribution is 6.02. The number of carbonyl (C=O) groups excluding carboxylic acids is 1. The van der Waals surface area contributed by atoms with Gasteiger partial charge in [0.1, 0.15) is 5.41 Å². The van der Waals surface area contributed by atoms with Crippen LogP contribution >= 0.6 is 0 Å². The van der Waals surface area contributed by atoms with Crippen LogP contribution in [-0.2, 0) is 9.59 Å². The number of rotatable bonds is 5. The number of carbonyl (C=O) groups is 2. The van der Waals surface area contributed by atoms with Gasteiger partial charge in [0.2, 0.25) is 5.91 Å². The van der Waals surface area contributed by atoms with E-state index in [4.69, 9.17) is 10.2 Å². The molecule has 0 aliphatic heterocycles. The van der Waals surface area contributed by atoms with Crippen LogP contribution in [0.15, 0.2) is 0 Å². The zero-order valence-corrected chi connectivity index (χ0v) is 9.77. The second kappa shape index (κ2) is 4.82. The lowest BCUT2D eigenvalue weighted by atomic mass is 9.68. The minimum absolute atomic E-state index is 0.327. The number of aliphatic hydroxyl groups excluding tert-OH is 1. The van der Waals surface area contributed by atoms with E-state index in [2.05, 4.69) is 0 Å². The van der Waals surface area contributed by atoms with Gasteiger partial charge >= 0.3 is 5.97 Å². The van der Waals surface area contributed by atoms with Gasteiger partial charge in [0, 0.05) is 13.6 Å². The Balaban J connectivity index is 2.58. The van der Waals surface area contributed by atoms with E-state index in [1.807, 2.05) is 0 Å². The summed E-state index contributed by atoms with van der Waals surface area (Å²) in [5.41, 5.74) is -1.19. The topological polar surface area (TPSA) is 77.8 Å². The van der Waals surface area contributed by atoms with Gasteiger partial charge in [-0.25, -0.2) is 0 Å². The SMILES string of the molecule is CC(O)CCN(C)C(=O)C1(C(=O)O)CCC1. The summed E-state index contributed by atoms with van der Waals surface area (Å²) in [5.74, 6) is -1.35. The van der Waals surface area contributed by atoms with Gasteiger partial charge in [-0.05, 0) is 26.2 Å². The molecule has 0 heterocycles. The van der Waals surface area contributed by atoms with Crippen molar-refractivity contribution in [2.75, 3.05) is 13.6 Å². The van der Waals surface area contributed by atoms with Crippen molar-refractivity contribution < 1.29 is 19.8 Å². The molecule has 1 aliphatic carbocycles. The van der Waals surface area contributed by atoms with Crippen LogP contribution in [0.1, 0.15) is 32.6 Å². The molecule has 1 rings (SSSR count). The molecular formula is C11H19NO4. The fourth-order valence-corrected chi connectivity index (χ4v) is 1.90. The average molecular weight is 229 g/mol. The zero-order chi connectivity index (χ0) is 12.3. The van der Waals surface area contributed by atoms with Crippen molar-refractivity contribution >= 4 is 11.9 Å². The third-order valence-corrected chi connectivity index (χ3v) is 3.25. The van der Waals surface area contributed by atoms with Gasteiger partial charge < -0.3 is 15.1 Å². The van der Waals surface area contributed by atoms with Crippen LogP contribution < -0.4 is 0 Å². The van der Waals surface area contributed by atoms with E-state index in [0.29, 0.717) is 25.8 Å². The van der Waals surface area contributed by atoms with Crippen molar-refractivity contribution in [1.82, 2.24) is 4.90 Å². The Kier molecular flexibility index (Phi) is 3.91. The molecule has 0 saturated heterocycles. The van der Waals surface area contributed by atoms with Gasteiger partial charge in [-0.15, -0.1) is 0 Å². The fourth-order valence-electron chi connectivity index (χ4n) is 1.90. The summed E-state index contributed by atoms with van der Waals surface area (Å²) in [6.45, 7) is 2.04. The summed E-state index contributed by atoms with van der Waals surface area (Å²) in [6.07, 6.45) is 1.65. The van der Waals surface area contributed by atoms with Crippen molar-refractivity contribution in [1.29, 1.82) is 0 Å². The summed E-state index contributed by atoms with van der Waals surface area (Å²) in [7, 11) is 1.59. The molecule has 16 heavy (non-hydrogen) atoms. The van der Waals surface area contributed by atoms with Crippen LogP contribution in [0.3, 0.4) is 0 Å². The van der Waals surface area contributed by atoms with Crippen LogP contribution in [-0.4, -0.2) is 46.7 Å². The minimum atomic E-state index is -1.19. The Morgan fingerprint density at radius 3 is 2.31 bits per heavy atom. The predicted octanol–water partition coefficient (Wildman–Crippen LogP) is 0.471. The summed E-state index contributed by atoms with van der Waals surface area (Å²) in [4.78, 5) is 24.5. The first-order valence-electron chi connectivity index (χ1n) is 5.57. The highest BCUT2D eigenvalue weighted by Crippen LogP contribution is 2.42. The molecule has 0 aromatic heterocycles. The lowest BCUT2D eigenvalue weighted by molar-refractivity contribution is -0.166. The molecule has 1 amide bonds. The molecule has 5 nitrogen and oxygen atoms in total. The maximum absolute atomic E-state index is 12.0. The number of aliphatic hydroxyl groups is 1. The largest absolute Gasteiger partial charge is 0.480 e. The van der Waals surface area contributed by atoms with Crippen LogP contribution in [0.4, 0.5) is 0 Å². The molecule has 1 unspecified atom stereocenters. The molecule has 5 heteroatoms. The Morgan fingerprint density at radius 1 is 1.44 bits per heavy atom. The predicted molar refractivity (Wildman–Crippen MR) is 57.9 cm³/mol. The van der Waals surface area contributed by atoms with Gasteiger partial charge in [0.15, 0.2) is 0 Å². The second-order valence-electron chi connectivity index (χ2n) is 4.61. The van der Waals surface area contributed by atoms with Gasteiger partial charge in [-0.1, -0.05) is 6.42 Å². The van der Waals surface area contributed by atoms with Crippen LogP contribution in [0.2, 0.25) is 0 Å². The smallest absolute Gasteiger partial charge is 0.319 e. The van der Waals surface area contributed by atoms with Crippen molar-refractivity contribution in [2.24, 2.45) is 5.41 Å². The summed E-state index contributed by atoms with van der Waals surface area (Å²) < 4.78 is 0. The van der Waals surface area contributed by atoms with E-state index in [9.17, 15) is 9.59 Å². The molecule has 0 aromatic carbocycles. The molecule has 0 aromatic rings. The van der Waals surface area contributed by atoms with E-state index in [0.717, 1.165) is 6.42 Å². The number of hydrogen-bond donors (Lipinski definition) is 2. The van der Waals surface area contributed by atoms with E-state index in [1.165, 1.54) is 4.90 Å². The monoisotopic (exact) mass is 229 g/mol. The Hall–Kier alpha value is -1.10. The third-order valence-electron chi connectivity index (χ3n) is 3.25. The average Bonchev–Trinajstić information content (AvgIpc) is 2.11. The molecule has 1 aliphatic rings. The van der Waals surface area contributed by atoms with Gasteiger partial charge in [-0.2, -0.15) is 0 Å². The number of carboxylic acids is 1. The molecule has 1 fully saturated rings. The van der Waals surface area contributed by atoms with E-state index in [-0.39, 0.29) is 5.91 Å². The first kappa shape index (κ1) is 13.0. The van der Waals surface area contributed by atoms with E-state index in [1.54, 1.807) is 14.0 Å². The third kappa shape index (κ3) is 2.35. The zero-order valence-electron chi connectivity index (χ0n) is 9.77. The molecule has 1 saturated carbocycles. The first-order chi connectivity index (χ1) is 7.40.